The van der Waals surface area contributed by atoms with E-state index in [1.54, 1.807) is 12.1 Å². The molecule has 1 aliphatic rings. The highest BCUT2D eigenvalue weighted by molar-refractivity contribution is 6.80. The summed E-state index contributed by atoms with van der Waals surface area (Å²) in [5.41, 5.74) is 0. The minimum Gasteiger partial charge on any atom is -0.490 e. The summed E-state index contributed by atoms with van der Waals surface area (Å²) in [4.78, 5) is 0. The second-order valence-corrected chi connectivity index (χ2v) is 9.98. The Labute approximate surface area is 171 Å². The summed E-state index contributed by atoms with van der Waals surface area (Å²) >= 11 is 5.78. The lowest BCUT2D eigenvalue weighted by Gasteiger charge is -2.37. The van der Waals surface area contributed by atoms with Gasteiger partial charge in [-0.2, -0.15) is 0 Å². The fourth-order valence-corrected chi connectivity index (χ4v) is 6.13. The molecule has 144 valence electrons. The van der Waals surface area contributed by atoms with Gasteiger partial charge in [-0.25, -0.2) is 4.39 Å². The second kappa shape index (κ2) is 8.91. The molecule has 1 saturated carbocycles. The molecule has 0 aromatic heterocycles. The Morgan fingerprint density at radius 2 is 1.50 bits per heavy atom. The normalized spacial score (nSPS) is 18.7. The number of halogens is 2. The molecule has 0 spiro atoms. The van der Waals surface area contributed by atoms with Gasteiger partial charge in [0.1, 0.15) is 0 Å². The molecule has 1 aliphatic carbocycles. The van der Waals surface area contributed by atoms with E-state index in [4.69, 9.17) is 20.8 Å². The standard InChI is InChI=1S/C23H22ClFO2Si/c24-18-11-12-23(22(25)15-18)26-16-17-13-19(14-17)27-28(20-7-3-1-4-8-20)21-9-5-2-6-10-21/h1-12,15,17,19,28H,13-14,16H2/t17-,19+. The molecule has 0 radical (unpaired) electrons. The Bertz CT molecular complexity index is 861. The summed E-state index contributed by atoms with van der Waals surface area (Å²) in [5.74, 6) is 0.233. The summed E-state index contributed by atoms with van der Waals surface area (Å²) in [7, 11) is -1.71. The molecule has 0 saturated heterocycles. The van der Waals surface area contributed by atoms with Crippen LogP contribution in [0.1, 0.15) is 12.8 Å². The highest BCUT2D eigenvalue weighted by Gasteiger charge is 2.33. The molecule has 28 heavy (non-hydrogen) atoms. The first-order valence-electron chi connectivity index (χ1n) is 9.52. The third-order valence-electron chi connectivity index (χ3n) is 5.09. The molecule has 0 bridgehead atoms. The summed E-state index contributed by atoms with van der Waals surface area (Å²) in [6.45, 7) is 0.501. The zero-order valence-corrected chi connectivity index (χ0v) is 17.3. The van der Waals surface area contributed by atoms with Crippen molar-refractivity contribution in [2.24, 2.45) is 5.92 Å². The number of ether oxygens (including phenoxy) is 1. The second-order valence-electron chi connectivity index (χ2n) is 7.18. The van der Waals surface area contributed by atoms with Gasteiger partial charge in [-0.3, -0.25) is 0 Å². The van der Waals surface area contributed by atoms with E-state index in [2.05, 4.69) is 48.5 Å². The number of rotatable bonds is 7. The maximum Gasteiger partial charge on any atom is 0.240 e. The minimum atomic E-state index is -1.71. The summed E-state index contributed by atoms with van der Waals surface area (Å²) in [5, 5.41) is 2.95. The van der Waals surface area contributed by atoms with Crippen molar-refractivity contribution in [1.29, 1.82) is 0 Å². The summed E-state index contributed by atoms with van der Waals surface area (Å²) < 4.78 is 26.0. The van der Waals surface area contributed by atoms with Gasteiger partial charge in [0.2, 0.25) is 9.04 Å². The van der Waals surface area contributed by atoms with E-state index in [1.165, 1.54) is 16.4 Å². The van der Waals surface area contributed by atoms with Gasteiger partial charge >= 0.3 is 0 Å². The smallest absolute Gasteiger partial charge is 0.240 e. The lowest BCUT2D eigenvalue weighted by molar-refractivity contribution is 0.0390. The van der Waals surface area contributed by atoms with Gasteiger partial charge in [0.05, 0.1) is 6.61 Å². The van der Waals surface area contributed by atoms with Crippen LogP contribution in [0.2, 0.25) is 5.02 Å². The van der Waals surface area contributed by atoms with Crippen molar-refractivity contribution in [2.75, 3.05) is 6.61 Å². The maximum absolute atomic E-state index is 13.8. The van der Waals surface area contributed by atoms with Gasteiger partial charge < -0.3 is 9.16 Å². The van der Waals surface area contributed by atoms with Crippen LogP contribution in [0.4, 0.5) is 4.39 Å². The molecule has 2 nitrogen and oxygen atoms in total. The SMILES string of the molecule is Fc1cc(Cl)ccc1OC[C@H]1C[C@@H](O[SiH](c2ccccc2)c2ccccc2)C1. The van der Waals surface area contributed by atoms with Crippen molar-refractivity contribution in [3.63, 3.8) is 0 Å². The summed E-state index contributed by atoms with van der Waals surface area (Å²) in [6, 6.07) is 25.5. The van der Waals surface area contributed by atoms with Crippen LogP contribution in [0, 0.1) is 11.7 Å². The zero-order chi connectivity index (χ0) is 19.3. The Hall–Kier alpha value is -2.14. The van der Waals surface area contributed by atoms with Crippen LogP contribution >= 0.6 is 11.6 Å². The lowest BCUT2D eigenvalue weighted by atomic mass is 9.83. The van der Waals surface area contributed by atoms with Crippen LogP contribution in [-0.2, 0) is 4.43 Å². The van der Waals surface area contributed by atoms with Crippen molar-refractivity contribution < 1.29 is 13.6 Å². The molecule has 0 N–H and O–H groups in total. The Balaban J connectivity index is 1.34. The average Bonchev–Trinajstić information content (AvgIpc) is 2.69. The van der Waals surface area contributed by atoms with E-state index in [0.29, 0.717) is 17.5 Å². The molecule has 3 aromatic rings. The molecule has 0 atom stereocenters. The first kappa shape index (κ1) is 19.2. The largest absolute Gasteiger partial charge is 0.490 e. The zero-order valence-electron chi connectivity index (χ0n) is 15.4. The van der Waals surface area contributed by atoms with E-state index in [1.807, 2.05) is 12.1 Å². The van der Waals surface area contributed by atoms with Crippen molar-refractivity contribution in [3.05, 3.63) is 89.7 Å². The quantitative estimate of drug-likeness (QED) is 0.542. The van der Waals surface area contributed by atoms with Gasteiger partial charge in [0, 0.05) is 11.1 Å². The molecule has 0 amide bonds. The van der Waals surface area contributed by atoms with Gasteiger partial charge in [-0.15, -0.1) is 0 Å². The van der Waals surface area contributed by atoms with Crippen molar-refractivity contribution >= 4 is 31.0 Å². The lowest BCUT2D eigenvalue weighted by Crippen LogP contribution is -2.50. The third kappa shape index (κ3) is 4.63. The fraction of sp³-hybridized carbons (Fsp3) is 0.217. The summed E-state index contributed by atoms with van der Waals surface area (Å²) in [6.07, 6.45) is 2.12. The van der Waals surface area contributed by atoms with Crippen LogP contribution < -0.4 is 15.1 Å². The van der Waals surface area contributed by atoms with Gasteiger partial charge in [-0.1, -0.05) is 72.3 Å². The van der Waals surface area contributed by atoms with Crippen LogP contribution in [0.5, 0.6) is 5.75 Å². The van der Waals surface area contributed by atoms with Crippen molar-refractivity contribution in [3.8, 4) is 5.75 Å². The Morgan fingerprint density at radius 3 is 2.07 bits per heavy atom. The van der Waals surface area contributed by atoms with E-state index >= 15 is 0 Å². The van der Waals surface area contributed by atoms with E-state index < -0.39 is 14.9 Å². The van der Waals surface area contributed by atoms with E-state index in [9.17, 15) is 4.39 Å². The third-order valence-corrected chi connectivity index (χ3v) is 7.97. The van der Waals surface area contributed by atoms with Crippen LogP contribution in [0.25, 0.3) is 0 Å². The molecule has 0 aliphatic heterocycles. The van der Waals surface area contributed by atoms with E-state index in [-0.39, 0.29) is 11.9 Å². The van der Waals surface area contributed by atoms with Gasteiger partial charge in [0.15, 0.2) is 11.6 Å². The predicted octanol–water partition coefficient (Wildman–Crippen LogP) is 4.19. The number of hydrogen-bond donors (Lipinski definition) is 0. The molecule has 4 rings (SSSR count). The maximum atomic E-state index is 13.8. The fourth-order valence-electron chi connectivity index (χ4n) is 3.52. The molecule has 5 heteroatoms. The first-order valence-corrected chi connectivity index (χ1v) is 11.5. The van der Waals surface area contributed by atoms with Crippen molar-refractivity contribution in [1.82, 2.24) is 0 Å². The van der Waals surface area contributed by atoms with Crippen LogP contribution in [0.15, 0.2) is 78.9 Å². The van der Waals surface area contributed by atoms with Crippen molar-refractivity contribution in [2.45, 2.75) is 18.9 Å². The highest BCUT2D eigenvalue weighted by Crippen LogP contribution is 2.32. The van der Waals surface area contributed by atoms with Crippen LogP contribution in [-0.4, -0.2) is 21.8 Å². The Kier molecular flexibility index (Phi) is 6.10. The Morgan fingerprint density at radius 1 is 0.893 bits per heavy atom. The minimum absolute atomic E-state index is 0.237. The molecule has 0 unspecified atom stereocenters. The molecular formula is C23H22ClFO2Si. The highest BCUT2D eigenvalue weighted by atomic mass is 35.5. The molecule has 1 fully saturated rings. The number of hydrogen-bond acceptors (Lipinski definition) is 2. The average molecular weight is 413 g/mol. The monoisotopic (exact) mass is 412 g/mol. The molecule has 3 aromatic carbocycles. The van der Waals surface area contributed by atoms with Gasteiger partial charge in [0.25, 0.3) is 0 Å². The van der Waals surface area contributed by atoms with E-state index in [0.717, 1.165) is 12.8 Å². The molecule has 0 heterocycles. The predicted molar refractivity (Wildman–Crippen MR) is 114 cm³/mol. The van der Waals surface area contributed by atoms with Gasteiger partial charge in [-0.05, 0) is 47.3 Å². The van der Waals surface area contributed by atoms with Crippen LogP contribution in [0.3, 0.4) is 0 Å². The first-order chi connectivity index (χ1) is 13.7. The topological polar surface area (TPSA) is 18.5 Å². The molecular weight excluding hydrogens is 391 g/mol. The number of benzene rings is 3.